The molecule has 2 aromatic heterocycles. The van der Waals surface area contributed by atoms with Crippen molar-refractivity contribution < 1.29 is 13.6 Å². The summed E-state index contributed by atoms with van der Waals surface area (Å²) in [6.07, 6.45) is 1.44. The van der Waals surface area contributed by atoms with Gasteiger partial charge in [-0.2, -0.15) is 5.26 Å². The fourth-order valence-corrected chi connectivity index (χ4v) is 4.21. The minimum absolute atomic E-state index is 0.129. The molecule has 3 heterocycles. The van der Waals surface area contributed by atoms with E-state index in [-0.39, 0.29) is 30.3 Å². The molecule has 0 radical (unpaired) electrons. The zero-order valence-corrected chi connectivity index (χ0v) is 20.8. The molecule has 1 fully saturated rings. The number of hydrogen-bond acceptors (Lipinski definition) is 10. The van der Waals surface area contributed by atoms with E-state index >= 15 is 0 Å². The molecule has 0 spiro atoms. The molecule has 0 saturated carbocycles. The number of ketones is 1. The normalized spacial score (nSPS) is 13.3. The van der Waals surface area contributed by atoms with Crippen LogP contribution in [-0.2, 0) is 0 Å². The van der Waals surface area contributed by atoms with Gasteiger partial charge in [-0.15, -0.1) is 5.10 Å². The van der Waals surface area contributed by atoms with Crippen LogP contribution in [0.5, 0.6) is 0 Å². The summed E-state index contributed by atoms with van der Waals surface area (Å²) in [6, 6.07) is 16.9. The predicted octanol–water partition coefficient (Wildman–Crippen LogP) is 4.53. The highest BCUT2D eigenvalue weighted by atomic mass is 19.1. The number of nitrogens with zero attached hydrogens (tertiary/aromatic N) is 7. The smallest absolute Gasteiger partial charge is 0.318 e. The van der Waals surface area contributed by atoms with Crippen LogP contribution in [0.4, 0.5) is 27.7 Å². The van der Waals surface area contributed by atoms with Crippen LogP contribution in [0.2, 0.25) is 0 Å². The first-order valence-electron chi connectivity index (χ1n) is 12.2. The second-order valence-electron chi connectivity index (χ2n) is 8.80. The molecule has 11 heteroatoms. The number of hydrogen-bond donors (Lipinski definition) is 1. The van der Waals surface area contributed by atoms with Crippen molar-refractivity contribution in [3.8, 4) is 17.3 Å². The van der Waals surface area contributed by atoms with Crippen molar-refractivity contribution in [2.45, 2.75) is 19.8 Å². The van der Waals surface area contributed by atoms with Crippen LogP contribution < -0.4 is 15.1 Å². The van der Waals surface area contributed by atoms with Crippen LogP contribution in [0, 0.1) is 24.1 Å². The fraction of sp³-hybridized carbons (Fsp3) is 0.259. The van der Waals surface area contributed by atoms with Crippen molar-refractivity contribution in [2.75, 3.05) is 41.3 Å². The van der Waals surface area contributed by atoms with Crippen LogP contribution in [0.1, 0.15) is 29.1 Å². The van der Waals surface area contributed by atoms with E-state index in [4.69, 9.17) is 9.68 Å². The fourth-order valence-electron chi connectivity index (χ4n) is 4.21. The Labute approximate surface area is 218 Å². The van der Waals surface area contributed by atoms with Crippen molar-refractivity contribution in [3.05, 3.63) is 72.0 Å². The second kappa shape index (κ2) is 11.0. The molecule has 38 heavy (non-hydrogen) atoms. The summed E-state index contributed by atoms with van der Waals surface area (Å²) >= 11 is 0. The van der Waals surface area contributed by atoms with Gasteiger partial charge in [-0.05, 0) is 24.3 Å². The SMILES string of the molecule is Cc1nnc(N2CCN(c3ccc(Nc4ncc(F)c(-c5ccc(C(=O)CCC#N)cc5)n4)cc3)CC2)o1. The number of carbonyl (C=O) groups excluding carboxylic acids is 1. The van der Waals surface area contributed by atoms with Crippen molar-refractivity contribution in [3.63, 3.8) is 0 Å². The number of aryl methyl sites for hydroxylation is 1. The van der Waals surface area contributed by atoms with E-state index in [2.05, 4.69) is 35.3 Å². The van der Waals surface area contributed by atoms with Crippen molar-refractivity contribution in [1.29, 1.82) is 5.26 Å². The lowest BCUT2D eigenvalue weighted by Crippen LogP contribution is -2.46. The quantitative estimate of drug-likeness (QED) is 0.337. The van der Waals surface area contributed by atoms with E-state index in [0.717, 1.165) is 43.8 Å². The van der Waals surface area contributed by atoms with E-state index in [1.165, 1.54) is 0 Å². The van der Waals surface area contributed by atoms with Gasteiger partial charge in [-0.1, -0.05) is 29.4 Å². The summed E-state index contributed by atoms with van der Waals surface area (Å²) in [5, 5.41) is 19.8. The number of anilines is 4. The van der Waals surface area contributed by atoms with Gasteiger partial charge in [-0.3, -0.25) is 4.79 Å². The van der Waals surface area contributed by atoms with Gasteiger partial charge in [0.15, 0.2) is 11.6 Å². The number of Topliss-reactive ketones (excluding diaryl/α,β-unsaturated/α-hetero) is 1. The number of rotatable bonds is 8. The Bertz CT molecular complexity index is 1460. The molecule has 5 rings (SSSR count). The van der Waals surface area contributed by atoms with E-state index in [0.29, 0.717) is 23.0 Å². The zero-order chi connectivity index (χ0) is 26.5. The molecule has 10 nitrogen and oxygen atoms in total. The first-order valence-corrected chi connectivity index (χ1v) is 12.2. The van der Waals surface area contributed by atoms with Gasteiger partial charge in [0.1, 0.15) is 5.69 Å². The highest BCUT2D eigenvalue weighted by molar-refractivity contribution is 5.96. The third-order valence-electron chi connectivity index (χ3n) is 6.24. The Morgan fingerprint density at radius 1 is 1.05 bits per heavy atom. The molecule has 1 aliphatic rings. The maximum atomic E-state index is 14.5. The Balaban J connectivity index is 1.22. The van der Waals surface area contributed by atoms with Crippen molar-refractivity contribution in [2.24, 2.45) is 0 Å². The van der Waals surface area contributed by atoms with E-state index < -0.39 is 5.82 Å². The van der Waals surface area contributed by atoms with Gasteiger partial charge in [0.2, 0.25) is 11.8 Å². The lowest BCUT2D eigenvalue weighted by molar-refractivity contribution is 0.0984. The Morgan fingerprint density at radius 2 is 1.76 bits per heavy atom. The van der Waals surface area contributed by atoms with Gasteiger partial charge in [0, 0.05) is 68.4 Å². The molecular formula is C27H25FN8O2. The summed E-state index contributed by atoms with van der Waals surface area (Å²) in [7, 11) is 0. The van der Waals surface area contributed by atoms with Gasteiger partial charge in [0.05, 0.1) is 12.3 Å². The molecule has 0 amide bonds. The molecule has 1 N–H and O–H groups in total. The zero-order valence-electron chi connectivity index (χ0n) is 20.8. The van der Waals surface area contributed by atoms with Gasteiger partial charge in [0.25, 0.3) is 0 Å². The molecule has 192 valence electrons. The second-order valence-corrected chi connectivity index (χ2v) is 8.80. The largest absolute Gasteiger partial charge is 0.408 e. The molecular weight excluding hydrogens is 487 g/mol. The highest BCUT2D eigenvalue weighted by Crippen LogP contribution is 2.25. The van der Waals surface area contributed by atoms with Crippen LogP contribution in [-0.4, -0.2) is 52.1 Å². The molecule has 0 atom stereocenters. The first kappa shape index (κ1) is 24.8. The van der Waals surface area contributed by atoms with Gasteiger partial charge in [-0.25, -0.2) is 14.4 Å². The lowest BCUT2D eigenvalue weighted by Gasteiger charge is -2.35. The standard InChI is InChI=1S/C27H25FN8O2/c1-18-33-34-27(38-18)36-15-13-35(14-16-36)22-10-8-21(9-11-22)31-26-30-17-23(28)25(32-26)20-6-4-19(5-7-20)24(37)3-2-12-29/h4-11,17H,2-3,13-16H2,1H3,(H,30,31,32). The summed E-state index contributed by atoms with van der Waals surface area (Å²) in [5.41, 5.74) is 2.98. The van der Waals surface area contributed by atoms with E-state index in [1.807, 2.05) is 30.3 Å². The van der Waals surface area contributed by atoms with Gasteiger partial charge >= 0.3 is 6.01 Å². The average molecular weight is 513 g/mol. The number of halogens is 1. The molecule has 2 aromatic carbocycles. The first-order chi connectivity index (χ1) is 18.5. The monoisotopic (exact) mass is 512 g/mol. The van der Waals surface area contributed by atoms with E-state index in [1.54, 1.807) is 31.2 Å². The third-order valence-corrected chi connectivity index (χ3v) is 6.24. The maximum absolute atomic E-state index is 14.5. The number of nitrogens with one attached hydrogen (secondary N) is 1. The summed E-state index contributed by atoms with van der Waals surface area (Å²) in [5.74, 6) is 0.118. The number of benzene rings is 2. The molecule has 0 aliphatic carbocycles. The Kier molecular flexibility index (Phi) is 7.21. The molecule has 4 aromatic rings. The molecule has 0 bridgehead atoms. The van der Waals surface area contributed by atoms with Crippen LogP contribution in [0.15, 0.2) is 59.1 Å². The summed E-state index contributed by atoms with van der Waals surface area (Å²) in [4.78, 5) is 24.9. The predicted molar refractivity (Wildman–Crippen MR) is 140 cm³/mol. The number of aromatic nitrogens is 4. The molecule has 1 saturated heterocycles. The maximum Gasteiger partial charge on any atom is 0.318 e. The molecule has 0 unspecified atom stereocenters. The van der Waals surface area contributed by atoms with Crippen LogP contribution in [0.25, 0.3) is 11.3 Å². The minimum Gasteiger partial charge on any atom is -0.408 e. The lowest BCUT2D eigenvalue weighted by atomic mass is 10.0. The number of piperazine rings is 1. The Hall–Kier alpha value is -4.85. The van der Waals surface area contributed by atoms with Crippen LogP contribution in [0.3, 0.4) is 0 Å². The molecule has 1 aliphatic heterocycles. The summed E-state index contributed by atoms with van der Waals surface area (Å²) in [6.45, 7) is 4.98. The average Bonchev–Trinajstić information content (AvgIpc) is 3.39. The minimum atomic E-state index is -0.565. The highest BCUT2D eigenvalue weighted by Gasteiger charge is 2.21. The topological polar surface area (TPSA) is 124 Å². The number of carbonyl (C=O) groups is 1. The third kappa shape index (κ3) is 5.59. The Morgan fingerprint density at radius 3 is 2.42 bits per heavy atom. The van der Waals surface area contributed by atoms with Crippen molar-refractivity contribution >= 4 is 29.1 Å². The van der Waals surface area contributed by atoms with Crippen molar-refractivity contribution in [1.82, 2.24) is 20.2 Å². The number of nitriles is 1. The van der Waals surface area contributed by atoms with Gasteiger partial charge < -0.3 is 19.5 Å². The summed E-state index contributed by atoms with van der Waals surface area (Å²) < 4.78 is 20.1. The van der Waals surface area contributed by atoms with Crippen LogP contribution >= 0.6 is 0 Å². The van der Waals surface area contributed by atoms with E-state index in [9.17, 15) is 9.18 Å².